The highest BCUT2D eigenvalue weighted by molar-refractivity contribution is 6.76. The predicted molar refractivity (Wildman–Crippen MR) is 386 cm³/mol. The number of fused-ring (bicyclic) bond motifs is 3. The number of benzene rings is 5. The van der Waals surface area contributed by atoms with E-state index in [0.717, 1.165) is 65.3 Å². The van der Waals surface area contributed by atoms with Gasteiger partial charge in [-0.3, -0.25) is 38.4 Å². The van der Waals surface area contributed by atoms with E-state index < -0.39 is 210 Å². The SMILES string of the molecule is COC(=O)[C@@]1(O[C@H]2C[C@@]3(OC[C@H]4O[C@@H](OCC[Si](C)(C)C)[C@H](OCc5ccccc5)[C@@H](OCc5ccccc5)[C@@H]4OCc4ccccc4)O[C@@H]([C@H](OC(C)=O)[C@@H](COC(=O)c4ccccc4)OC(C)=O)[C@@H]2NC3=O)C[C@H](OC(C)=O)[C@@H](NC(=O)COCc2ccccc2)[C@H]([C@H](OC(C)=O)[C@@H](COC(C)=O)OC(C)=O)O1. The number of ether oxygens (including phenoxy) is 18. The van der Waals surface area contributed by atoms with E-state index in [1.807, 2.05) is 91.0 Å². The standard InChI is InChI=1S/C79H96N2O28Si/c1-48(82)95-44-61(102-50(3)84)68(104-52(5)86)70-65(80-64(88)47-93-40-54-26-16-11-17-27-54)59(101-49(2)83)38-79(109-70,77(91)92-7)107-60-39-78(76(90)81-66(60)71(108-78)69(105-53(6)87)62(103-51(4)85)45-99-74(89)58-34-24-15-25-35-58)100-46-63-67(96-41-55-28-18-12-19-29-55)72(97-42-56-30-20-13-21-31-56)73(98-43-57-32-22-14-23-33-57)75(106-63)94-36-37-110(8,9)10/h11-35,59-63,65-73,75H,36-47H2,1-10H3,(H,80,88)(H,81,90)/t59-,60-,61+,62+,63+,65+,66+,67+,68+,69+,70+,71+,72-,73+,75+,78+,79+/m0/s1. The quantitative estimate of drug-likeness (QED) is 0.0237. The fourth-order valence-corrected chi connectivity index (χ4v) is 13.9. The lowest BCUT2D eigenvalue weighted by Gasteiger charge is -2.56. The van der Waals surface area contributed by atoms with Gasteiger partial charge >= 0.3 is 47.8 Å². The van der Waals surface area contributed by atoms with Crippen molar-refractivity contribution in [3.63, 3.8) is 0 Å². The maximum Gasteiger partial charge on any atom is 0.366 e. The summed E-state index contributed by atoms with van der Waals surface area (Å²) in [6.07, 6.45) is -22.8. The Hall–Kier alpha value is -9.38. The minimum atomic E-state index is -3.03. The first-order chi connectivity index (χ1) is 52.6. The van der Waals surface area contributed by atoms with Gasteiger partial charge in [-0.15, -0.1) is 0 Å². The molecule has 0 unspecified atom stereocenters. The van der Waals surface area contributed by atoms with Gasteiger partial charge < -0.3 is 95.9 Å². The summed E-state index contributed by atoms with van der Waals surface area (Å²) < 4.78 is 115. The van der Waals surface area contributed by atoms with Crippen LogP contribution in [0.4, 0.5) is 0 Å². The van der Waals surface area contributed by atoms with Crippen LogP contribution in [0.15, 0.2) is 152 Å². The second-order valence-corrected chi connectivity index (χ2v) is 33.6. The predicted octanol–water partition coefficient (Wildman–Crippen LogP) is 6.65. The normalized spacial score (nSPS) is 25.3. The summed E-state index contributed by atoms with van der Waals surface area (Å²) in [7, 11) is -0.880. The highest BCUT2D eigenvalue weighted by Gasteiger charge is 2.67. The van der Waals surface area contributed by atoms with Crippen LogP contribution >= 0.6 is 0 Å². The van der Waals surface area contributed by atoms with Gasteiger partial charge in [0.15, 0.2) is 30.7 Å². The molecule has 5 aromatic carbocycles. The monoisotopic (exact) mass is 1550 g/mol. The van der Waals surface area contributed by atoms with Gasteiger partial charge in [-0.1, -0.05) is 159 Å². The Labute approximate surface area is 638 Å². The third-order valence-electron chi connectivity index (χ3n) is 18.1. The van der Waals surface area contributed by atoms with E-state index in [2.05, 4.69) is 30.3 Å². The molecule has 2 amide bonds. The first kappa shape index (κ1) is 84.6. The smallest absolute Gasteiger partial charge is 0.366 e. The first-order valence-corrected chi connectivity index (χ1v) is 39.8. The van der Waals surface area contributed by atoms with Crippen LogP contribution in [0, 0.1) is 0 Å². The summed E-state index contributed by atoms with van der Waals surface area (Å²) in [4.78, 5) is 139. The minimum Gasteiger partial charge on any atom is -0.465 e. The van der Waals surface area contributed by atoms with Gasteiger partial charge in [-0.05, 0) is 40.4 Å². The molecule has 594 valence electrons. The summed E-state index contributed by atoms with van der Waals surface area (Å²) in [6, 6.07) is 41.8. The number of hydrogen-bond donors (Lipinski definition) is 2. The Kier molecular flexibility index (Phi) is 30.8. The molecule has 0 saturated carbocycles. The average molecular weight is 1550 g/mol. The van der Waals surface area contributed by atoms with E-state index in [1.54, 1.807) is 48.5 Å². The summed E-state index contributed by atoms with van der Waals surface area (Å²) in [5.41, 5.74) is 3.09. The molecule has 10 rings (SSSR count). The Bertz CT molecular complexity index is 3880. The number of nitrogens with one attached hydrogen (secondary N) is 2. The zero-order valence-electron chi connectivity index (χ0n) is 63.0. The number of piperidine rings is 1. The van der Waals surface area contributed by atoms with Crippen molar-refractivity contribution < 1.29 is 133 Å². The van der Waals surface area contributed by atoms with Crippen LogP contribution in [-0.4, -0.2) is 211 Å². The van der Waals surface area contributed by atoms with Crippen LogP contribution in [0.5, 0.6) is 0 Å². The molecule has 0 aliphatic carbocycles. The van der Waals surface area contributed by atoms with Gasteiger partial charge in [-0.25, -0.2) is 9.59 Å². The molecule has 17 atom stereocenters. The topological polar surface area (TPSA) is 361 Å². The lowest BCUT2D eigenvalue weighted by Crippen LogP contribution is -2.78. The van der Waals surface area contributed by atoms with E-state index in [-0.39, 0.29) is 38.6 Å². The Morgan fingerprint density at radius 3 is 1.54 bits per heavy atom. The van der Waals surface area contributed by atoms with Crippen molar-refractivity contribution in [2.24, 2.45) is 0 Å². The van der Waals surface area contributed by atoms with Crippen LogP contribution in [0.3, 0.4) is 0 Å². The summed E-state index contributed by atoms with van der Waals surface area (Å²) in [5, 5.41) is 5.58. The Morgan fingerprint density at radius 1 is 0.545 bits per heavy atom. The molecule has 5 aliphatic heterocycles. The molecule has 0 radical (unpaired) electrons. The third-order valence-corrected chi connectivity index (χ3v) is 19.8. The zero-order chi connectivity index (χ0) is 79.1. The largest absolute Gasteiger partial charge is 0.465 e. The maximum atomic E-state index is 15.6. The van der Waals surface area contributed by atoms with E-state index in [0.29, 0.717) is 11.6 Å². The first-order valence-electron chi connectivity index (χ1n) is 36.0. The third kappa shape index (κ3) is 24.1. The molecule has 5 saturated heterocycles. The molecule has 5 heterocycles. The number of carbonyl (C=O) groups excluding carboxylic acids is 10. The minimum absolute atomic E-state index is 0.0219. The van der Waals surface area contributed by atoms with Gasteiger partial charge in [0, 0.05) is 62.6 Å². The number of amides is 2. The lowest BCUT2D eigenvalue weighted by molar-refractivity contribution is -0.374. The van der Waals surface area contributed by atoms with Crippen molar-refractivity contribution in [3.8, 4) is 0 Å². The summed E-state index contributed by atoms with van der Waals surface area (Å²) in [6.45, 7) is 9.76. The van der Waals surface area contributed by atoms with Crippen LogP contribution in [-0.2, 0) is 155 Å². The highest BCUT2D eigenvalue weighted by Crippen LogP contribution is 2.46. The van der Waals surface area contributed by atoms with Crippen LogP contribution in [0.2, 0.25) is 25.7 Å². The lowest BCUT2D eigenvalue weighted by atomic mass is 9.83. The van der Waals surface area contributed by atoms with Crippen molar-refractivity contribution in [2.45, 2.75) is 210 Å². The number of carbonyl (C=O) groups is 10. The molecule has 30 nitrogen and oxygen atoms in total. The van der Waals surface area contributed by atoms with Gasteiger partial charge in [0.25, 0.3) is 17.5 Å². The molecule has 2 N–H and O–H groups in total. The molecule has 2 bridgehead atoms. The second-order valence-electron chi connectivity index (χ2n) is 28.0. The van der Waals surface area contributed by atoms with E-state index >= 15 is 9.59 Å². The molecular formula is C79H96N2O28Si. The van der Waals surface area contributed by atoms with Crippen molar-refractivity contribution in [1.29, 1.82) is 0 Å². The average Bonchev–Trinajstić information content (AvgIpc) is 0.720. The van der Waals surface area contributed by atoms with E-state index in [1.165, 1.54) is 12.1 Å². The van der Waals surface area contributed by atoms with Gasteiger partial charge in [0.05, 0.1) is 70.3 Å². The number of morpholine rings is 1. The molecule has 0 spiro atoms. The molecule has 5 aliphatic rings. The maximum absolute atomic E-state index is 15.6. The zero-order valence-corrected chi connectivity index (χ0v) is 64.0. The molecule has 0 aromatic heterocycles. The second kappa shape index (κ2) is 40.0. The Morgan fingerprint density at radius 2 is 1.04 bits per heavy atom. The fourth-order valence-electron chi connectivity index (χ4n) is 13.1. The van der Waals surface area contributed by atoms with Crippen molar-refractivity contribution in [2.75, 3.05) is 40.1 Å². The summed E-state index contributed by atoms with van der Waals surface area (Å²) >= 11 is 0. The number of methoxy groups -OCH3 is 1. The molecule has 31 heteroatoms. The van der Waals surface area contributed by atoms with Gasteiger partial charge in [-0.2, -0.15) is 0 Å². The van der Waals surface area contributed by atoms with Gasteiger partial charge in [0.1, 0.15) is 62.5 Å². The van der Waals surface area contributed by atoms with Gasteiger partial charge in [0.2, 0.25) is 5.91 Å². The molecular weight excluding hydrogens is 1450 g/mol. The van der Waals surface area contributed by atoms with Crippen molar-refractivity contribution in [3.05, 3.63) is 179 Å². The van der Waals surface area contributed by atoms with Crippen LogP contribution in [0.1, 0.15) is 87.0 Å². The van der Waals surface area contributed by atoms with Crippen molar-refractivity contribution >= 4 is 67.6 Å². The number of esters is 8. The summed E-state index contributed by atoms with van der Waals surface area (Å²) in [5.74, 6) is -16.0. The van der Waals surface area contributed by atoms with Crippen molar-refractivity contribution in [1.82, 2.24) is 10.6 Å². The number of rotatable bonds is 38. The fraction of sp³-hybridized carbons (Fsp3) is 0.494. The highest BCUT2D eigenvalue weighted by atomic mass is 28.3. The Balaban J connectivity index is 1.19. The number of hydrogen-bond acceptors (Lipinski definition) is 28. The van der Waals surface area contributed by atoms with Crippen LogP contribution in [0.25, 0.3) is 0 Å². The van der Waals surface area contributed by atoms with E-state index in [9.17, 15) is 38.4 Å². The molecule has 110 heavy (non-hydrogen) atoms. The van der Waals surface area contributed by atoms with E-state index in [4.69, 9.17) is 85.3 Å². The van der Waals surface area contributed by atoms with Crippen LogP contribution < -0.4 is 10.6 Å². The molecule has 5 aromatic rings. The molecule has 5 fully saturated rings.